The van der Waals surface area contributed by atoms with Crippen LogP contribution in [0.2, 0.25) is 0 Å². The fourth-order valence-corrected chi connectivity index (χ4v) is 2.55. The van der Waals surface area contributed by atoms with Gasteiger partial charge in [0, 0.05) is 12.6 Å². The SMILES string of the molecule is CC(C)(C)OC(=O)N(CC(C)(C)C(=O)O)C1CCCCC1. The molecule has 1 saturated carbocycles. The first-order valence-corrected chi connectivity index (χ1v) is 7.76. The Bertz CT molecular complexity index is 378. The third kappa shape index (κ3) is 5.56. The van der Waals surface area contributed by atoms with Gasteiger partial charge in [-0.05, 0) is 47.5 Å². The van der Waals surface area contributed by atoms with Gasteiger partial charge in [0.05, 0.1) is 5.41 Å². The Balaban J connectivity index is 2.88. The number of ether oxygens (including phenoxy) is 1. The van der Waals surface area contributed by atoms with Gasteiger partial charge in [-0.2, -0.15) is 0 Å². The van der Waals surface area contributed by atoms with Gasteiger partial charge in [-0.15, -0.1) is 0 Å². The molecule has 0 atom stereocenters. The highest BCUT2D eigenvalue weighted by molar-refractivity contribution is 5.75. The zero-order valence-electron chi connectivity index (χ0n) is 13.9. The molecule has 1 aliphatic rings. The molecule has 21 heavy (non-hydrogen) atoms. The molecule has 0 radical (unpaired) electrons. The first-order chi connectivity index (χ1) is 9.53. The normalized spacial score (nSPS) is 17.4. The third-order valence-corrected chi connectivity index (χ3v) is 3.79. The minimum Gasteiger partial charge on any atom is -0.481 e. The molecule has 0 heterocycles. The quantitative estimate of drug-likeness (QED) is 0.860. The van der Waals surface area contributed by atoms with Gasteiger partial charge < -0.3 is 14.7 Å². The molecule has 0 saturated heterocycles. The summed E-state index contributed by atoms with van der Waals surface area (Å²) in [4.78, 5) is 25.5. The van der Waals surface area contributed by atoms with Crippen LogP contribution in [-0.2, 0) is 9.53 Å². The Morgan fingerprint density at radius 1 is 1.10 bits per heavy atom. The number of aliphatic carboxylic acids is 1. The smallest absolute Gasteiger partial charge is 0.410 e. The van der Waals surface area contributed by atoms with E-state index in [1.807, 2.05) is 20.8 Å². The average molecular weight is 299 g/mol. The number of nitrogens with zero attached hydrogens (tertiary/aromatic N) is 1. The molecule has 1 fully saturated rings. The van der Waals surface area contributed by atoms with Crippen LogP contribution in [0.5, 0.6) is 0 Å². The molecule has 1 rings (SSSR count). The van der Waals surface area contributed by atoms with Crippen molar-refractivity contribution in [3.63, 3.8) is 0 Å². The first-order valence-electron chi connectivity index (χ1n) is 7.76. The van der Waals surface area contributed by atoms with Gasteiger partial charge in [0.15, 0.2) is 0 Å². The highest BCUT2D eigenvalue weighted by Gasteiger charge is 2.37. The Hall–Kier alpha value is -1.26. The Labute approximate surface area is 127 Å². The van der Waals surface area contributed by atoms with E-state index in [2.05, 4.69) is 0 Å². The number of carboxylic acid groups (broad SMARTS) is 1. The number of amides is 1. The minimum absolute atomic E-state index is 0.0900. The second kappa shape index (κ2) is 6.67. The first kappa shape index (κ1) is 17.8. The van der Waals surface area contributed by atoms with E-state index in [9.17, 15) is 14.7 Å². The number of carboxylic acids is 1. The summed E-state index contributed by atoms with van der Waals surface area (Å²) in [5, 5.41) is 9.32. The molecule has 0 aromatic rings. The molecule has 1 amide bonds. The molecule has 0 aromatic carbocycles. The predicted molar refractivity (Wildman–Crippen MR) is 81.2 cm³/mol. The molecule has 1 aliphatic carbocycles. The van der Waals surface area contributed by atoms with Crippen LogP contribution in [0.25, 0.3) is 0 Å². The fourth-order valence-electron chi connectivity index (χ4n) is 2.55. The standard InChI is InChI=1S/C16H29NO4/c1-15(2,3)21-14(20)17(11-16(4,5)13(18)19)12-9-7-6-8-10-12/h12H,6-11H2,1-5H3,(H,18,19). The molecule has 5 nitrogen and oxygen atoms in total. The van der Waals surface area contributed by atoms with Crippen LogP contribution < -0.4 is 0 Å². The number of hydrogen-bond donors (Lipinski definition) is 1. The van der Waals surface area contributed by atoms with Crippen molar-refractivity contribution < 1.29 is 19.4 Å². The predicted octanol–water partition coefficient (Wildman–Crippen LogP) is 3.67. The van der Waals surface area contributed by atoms with Gasteiger partial charge >= 0.3 is 12.1 Å². The summed E-state index contributed by atoms with van der Waals surface area (Å²) in [7, 11) is 0. The largest absolute Gasteiger partial charge is 0.481 e. The molecule has 5 heteroatoms. The molecule has 0 bridgehead atoms. The zero-order valence-corrected chi connectivity index (χ0v) is 13.9. The third-order valence-electron chi connectivity index (χ3n) is 3.79. The van der Waals surface area contributed by atoms with E-state index in [0.717, 1.165) is 25.7 Å². The second-order valence-electron chi connectivity index (χ2n) is 7.59. The van der Waals surface area contributed by atoms with Gasteiger partial charge in [0.25, 0.3) is 0 Å². The molecule has 122 valence electrons. The summed E-state index contributed by atoms with van der Waals surface area (Å²) in [5.41, 5.74) is -1.55. The topological polar surface area (TPSA) is 66.8 Å². The van der Waals surface area contributed by atoms with Gasteiger partial charge in [-0.3, -0.25) is 4.79 Å². The lowest BCUT2D eigenvalue weighted by molar-refractivity contribution is -0.148. The number of hydrogen-bond acceptors (Lipinski definition) is 3. The van der Waals surface area contributed by atoms with Crippen molar-refractivity contribution in [1.29, 1.82) is 0 Å². The summed E-state index contributed by atoms with van der Waals surface area (Å²) in [6, 6.07) is 0.0900. The summed E-state index contributed by atoms with van der Waals surface area (Å²) in [5.74, 6) is -0.896. The van der Waals surface area contributed by atoms with Crippen molar-refractivity contribution in [2.24, 2.45) is 5.41 Å². The van der Waals surface area contributed by atoms with Crippen LogP contribution in [0, 0.1) is 5.41 Å². The van der Waals surface area contributed by atoms with Crippen molar-refractivity contribution in [3.8, 4) is 0 Å². The number of carbonyl (C=O) groups excluding carboxylic acids is 1. The fraction of sp³-hybridized carbons (Fsp3) is 0.875. The number of carbonyl (C=O) groups is 2. The molecule has 0 spiro atoms. The van der Waals surface area contributed by atoms with E-state index in [0.29, 0.717) is 0 Å². The number of rotatable bonds is 4. The van der Waals surface area contributed by atoms with Gasteiger partial charge in [0.1, 0.15) is 5.60 Å². The van der Waals surface area contributed by atoms with E-state index in [1.165, 1.54) is 6.42 Å². The van der Waals surface area contributed by atoms with E-state index in [1.54, 1.807) is 18.7 Å². The van der Waals surface area contributed by atoms with Gasteiger partial charge in [-0.1, -0.05) is 19.3 Å². The van der Waals surface area contributed by atoms with Gasteiger partial charge in [0.2, 0.25) is 0 Å². The second-order valence-corrected chi connectivity index (χ2v) is 7.59. The van der Waals surface area contributed by atoms with E-state index >= 15 is 0 Å². The Morgan fingerprint density at radius 2 is 1.62 bits per heavy atom. The van der Waals surface area contributed by atoms with Crippen LogP contribution in [0.15, 0.2) is 0 Å². The maximum absolute atomic E-state index is 12.5. The highest BCUT2D eigenvalue weighted by Crippen LogP contribution is 2.28. The lowest BCUT2D eigenvalue weighted by atomic mass is 9.89. The van der Waals surface area contributed by atoms with Crippen LogP contribution in [0.4, 0.5) is 4.79 Å². The Morgan fingerprint density at radius 3 is 2.05 bits per heavy atom. The van der Waals surface area contributed by atoms with Crippen LogP contribution in [-0.4, -0.2) is 40.3 Å². The van der Waals surface area contributed by atoms with E-state index in [-0.39, 0.29) is 12.6 Å². The monoisotopic (exact) mass is 299 g/mol. The lowest BCUT2D eigenvalue weighted by Crippen LogP contribution is -2.50. The lowest BCUT2D eigenvalue weighted by Gasteiger charge is -2.38. The molecule has 1 N–H and O–H groups in total. The maximum atomic E-state index is 12.5. The van der Waals surface area contributed by atoms with Crippen molar-refractivity contribution in [1.82, 2.24) is 4.90 Å². The summed E-state index contributed by atoms with van der Waals surface area (Å²) in [6.45, 7) is 8.96. The summed E-state index contributed by atoms with van der Waals surface area (Å²) in [6.07, 6.45) is 4.79. The van der Waals surface area contributed by atoms with E-state index in [4.69, 9.17) is 4.74 Å². The zero-order chi connectivity index (χ0) is 16.3. The summed E-state index contributed by atoms with van der Waals surface area (Å²) >= 11 is 0. The molecule has 0 aromatic heterocycles. The van der Waals surface area contributed by atoms with E-state index < -0.39 is 23.1 Å². The van der Waals surface area contributed by atoms with Crippen molar-refractivity contribution >= 4 is 12.1 Å². The highest BCUT2D eigenvalue weighted by atomic mass is 16.6. The van der Waals surface area contributed by atoms with Crippen molar-refractivity contribution in [3.05, 3.63) is 0 Å². The van der Waals surface area contributed by atoms with Crippen molar-refractivity contribution in [2.75, 3.05) is 6.54 Å². The van der Waals surface area contributed by atoms with Crippen molar-refractivity contribution in [2.45, 2.75) is 78.4 Å². The Kier molecular flexibility index (Phi) is 5.65. The van der Waals surface area contributed by atoms with Gasteiger partial charge in [-0.25, -0.2) is 4.79 Å². The average Bonchev–Trinajstić information content (AvgIpc) is 2.34. The van der Waals surface area contributed by atoms with Crippen LogP contribution >= 0.6 is 0 Å². The molecular weight excluding hydrogens is 270 g/mol. The summed E-state index contributed by atoms with van der Waals surface area (Å²) < 4.78 is 5.47. The molecule has 0 aliphatic heterocycles. The van der Waals surface area contributed by atoms with Crippen LogP contribution in [0.1, 0.15) is 66.7 Å². The maximum Gasteiger partial charge on any atom is 0.410 e. The molecule has 0 unspecified atom stereocenters. The molecular formula is C16H29NO4. The minimum atomic E-state index is -0.978. The van der Waals surface area contributed by atoms with Crippen LogP contribution in [0.3, 0.4) is 0 Å².